The second-order valence-electron chi connectivity index (χ2n) is 4.97. The number of ether oxygens (including phenoxy) is 1. The van der Waals surface area contributed by atoms with Crippen molar-refractivity contribution < 1.29 is 9.53 Å². The molecule has 116 valence electrons. The van der Waals surface area contributed by atoms with Crippen LogP contribution in [0.1, 0.15) is 31.0 Å². The van der Waals surface area contributed by atoms with Crippen LogP contribution in [-0.2, 0) is 4.79 Å². The Kier molecular flexibility index (Phi) is 5.53. The molecule has 0 saturated heterocycles. The van der Waals surface area contributed by atoms with Crippen LogP contribution in [0.25, 0.3) is 0 Å². The molecule has 1 amide bonds. The summed E-state index contributed by atoms with van der Waals surface area (Å²) in [6.07, 6.45) is 1.72. The summed E-state index contributed by atoms with van der Waals surface area (Å²) in [5.41, 5.74) is 1.70. The molecule has 0 aliphatic heterocycles. The van der Waals surface area contributed by atoms with Crippen molar-refractivity contribution in [2.75, 3.05) is 20.2 Å². The molecule has 1 atom stereocenters. The third-order valence-corrected chi connectivity index (χ3v) is 3.75. The lowest BCUT2D eigenvalue weighted by molar-refractivity contribution is -0.131. The molecule has 0 bridgehead atoms. The monoisotopic (exact) mass is 298 g/mol. The summed E-state index contributed by atoms with van der Waals surface area (Å²) < 4.78 is 5.19. The van der Waals surface area contributed by atoms with E-state index in [1.54, 1.807) is 13.3 Å². The van der Waals surface area contributed by atoms with E-state index in [1.165, 1.54) is 0 Å². The quantitative estimate of drug-likeness (QED) is 0.823. The summed E-state index contributed by atoms with van der Waals surface area (Å²) in [6, 6.07) is 13.3. The number of carbonyl (C=O) groups excluding carboxylic acids is 1. The molecule has 4 nitrogen and oxygen atoms in total. The second kappa shape index (κ2) is 7.59. The van der Waals surface area contributed by atoms with Crippen molar-refractivity contribution >= 4 is 5.91 Å². The molecule has 1 unspecified atom stereocenters. The highest BCUT2D eigenvalue weighted by Crippen LogP contribution is 2.27. The molecule has 0 radical (unpaired) electrons. The van der Waals surface area contributed by atoms with Gasteiger partial charge in [0.1, 0.15) is 11.7 Å². The van der Waals surface area contributed by atoms with Crippen molar-refractivity contribution in [2.24, 2.45) is 0 Å². The number of hydrogen-bond donors (Lipinski definition) is 0. The van der Waals surface area contributed by atoms with Gasteiger partial charge in [-0.05, 0) is 43.7 Å². The number of benzene rings is 1. The van der Waals surface area contributed by atoms with Crippen molar-refractivity contribution in [3.63, 3.8) is 0 Å². The number of methoxy groups -OCH3 is 1. The number of nitrogens with zero attached hydrogens (tertiary/aromatic N) is 2. The summed E-state index contributed by atoms with van der Waals surface area (Å²) >= 11 is 0. The van der Waals surface area contributed by atoms with Gasteiger partial charge in [-0.1, -0.05) is 18.2 Å². The van der Waals surface area contributed by atoms with E-state index in [9.17, 15) is 4.79 Å². The average Bonchev–Trinajstić information content (AvgIpc) is 2.58. The number of pyridine rings is 1. The Labute approximate surface area is 131 Å². The molecular formula is C18H22N2O2. The fourth-order valence-corrected chi connectivity index (χ4v) is 2.50. The van der Waals surface area contributed by atoms with E-state index >= 15 is 0 Å². The second-order valence-corrected chi connectivity index (χ2v) is 4.97. The molecule has 0 fully saturated rings. The predicted molar refractivity (Wildman–Crippen MR) is 87.0 cm³/mol. The largest absolute Gasteiger partial charge is 0.497 e. The zero-order valence-electron chi connectivity index (χ0n) is 13.3. The van der Waals surface area contributed by atoms with Gasteiger partial charge in [0.2, 0.25) is 5.91 Å². The molecule has 0 aliphatic carbocycles. The lowest BCUT2D eigenvalue weighted by Gasteiger charge is -2.25. The van der Waals surface area contributed by atoms with Crippen LogP contribution in [0, 0.1) is 0 Å². The molecule has 2 aromatic rings. The van der Waals surface area contributed by atoms with Gasteiger partial charge in [0.05, 0.1) is 12.8 Å². The molecule has 1 aromatic carbocycles. The molecule has 0 aliphatic rings. The summed E-state index contributed by atoms with van der Waals surface area (Å²) in [6.45, 7) is 5.36. The van der Waals surface area contributed by atoms with Gasteiger partial charge in [-0.2, -0.15) is 0 Å². The van der Waals surface area contributed by atoms with E-state index in [4.69, 9.17) is 4.74 Å². The van der Waals surface area contributed by atoms with Gasteiger partial charge >= 0.3 is 0 Å². The van der Waals surface area contributed by atoms with Crippen LogP contribution < -0.4 is 4.74 Å². The van der Waals surface area contributed by atoms with E-state index in [1.807, 2.05) is 61.2 Å². The van der Waals surface area contributed by atoms with Crippen molar-refractivity contribution in [3.05, 3.63) is 59.9 Å². The summed E-state index contributed by atoms with van der Waals surface area (Å²) in [5, 5.41) is 0. The molecule has 1 aromatic heterocycles. The first kappa shape index (κ1) is 16.0. The molecule has 22 heavy (non-hydrogen) atoms. The molecule has 1 heterocycles. The van der Waals surface area contributed by atoms with Gasteiger partial charge in [0.15, 0.2) is 0 Å². The van der Waals surface area contributed by atoms with Gasteiger partial charge < -0.3 is 9.64 Å². The minimum Gasteiger partial charge on any atom is -0.497 e. The van der Waals surface area contributed by atoms with Gasteiger partial charge in [0.25, 0.3) is 0 Å². The van der Waals surface area contributed by atoms with Gasteiger partial charge in [-0.3, -0.25) is 9.78 Å². The van der Waals surface area contributed by atoms with Crippen LogP contribution >= 0.6 is 0 Å². The molecule has 0 saturated carbocycles. The van der Waals surface area contributed by atoms with E-state index in [0.29, 0.717) is 13.1 Å². The highest BCUT2D eigenvalue weighted by Gasteiger charge is 2.27. The number of hydrogen-bond acceptors (Lipinski definition) is 3. The lowest BCUT2D eigenvalue weighted by atomic mass is 9.93. The Morgan fingerprint density at radius 3 is 2.32 bits per heavy atom. The first-order valence-electron chi connectivity index (χ1n) is 7.54. The number of likely N-dealkylation sites (N-methyl/N-ethyl adjacent to an activating group) is 1. The van der Waals surface area contributed by atoms with E-state index in [-0.39, 0.29) is 11.8 Å². The van der Waals surface area contributed by atoms with Crippen molar-refractivity contribution in [2.45, 2.75) is 19.8 Å². The highest BCUT2D eigenvalue weighted by atomic mass is 16.5. The maximum absolute atomic E-state index is 12.9. The van der Waals surface area contributed by atoms with Gasteiger partial charge in [0, 0.05) is 19.3 Å². The predicted octanol–water partition coefficient (Wildman–Crippen LogP) is 3.09. The third-order valence-electron chi connectivity index (χ3n) is 3.75. The Bertz CT molecular complexity index is 592. The Hall–Kier alpha value is -2.36. The fourth-order valence-electron chi connectivity index (χ4n) is 2.50. The number of carbonyl (C=O) groups is 1. The summed E-state index contributed by atoms with van der Waals surface area (Å²) in [7, 11) is 1.63. The van der Waals surface area contributed by atoms with Crippen LogP contribution in [-0.4, -0.2) is 36.0 Å². The van der Waals surface area contributed by atoms with Crippen LogP contribution in [0.2, 0.25) is 0 Å². The van der Waals surface area contributed by atoms with Crippen molar-refractivity contribution in [1.82, 2.24) is 9.88 Å². The first-order valence-corrected chi connectivity index (χ1v) is 7.54. The van der Waals surface area contributed by atoms with Crippen molar-refractivity contribution in [1.29, 1.82) is 0 Å². The average molecular weight is 298 g/mol. The molecule has 0 spiro atoms. The lowest BCUT2D eigenvalue weighted by Crippen LogP contribution is -2.35. The fraction of sp³-hybridized carbons (Fsp3) is 0.333. The smallest absolute Gasteiger partial charge is 0.236 e. The van der Waals surface area contributed by atoms with Crippen LogP contribution in [0.15, 0.2) is 48.7 Å². The Balaban J connectivity index is 2.43. The summed E-state index contributed by atoms with van der Waals surface area (Å²) in [5.74, 6) is 0.472. The summed E-state index contributed by atoms with van der Waals surface area (Å²) in [4.78, 5) is 19.1. The zero-order chi connectivity index (χ0) is 15.9. The van der Waals surface area contributed by atoms with Crippen LogP contribution in [0.3, 0.4) is 0 Å². The minimum atomic E-state index is -0.382. The van der Waals surface area contributed by atoms with E-state index in [0.717, 1.165) is 17.0 Å². The zero-order valence-corrected chi connectivity index (χ0v) is 13.3. The minimum absolute atomic E-state index is 0.0777. The Morgan fingerprint density at radius 2 is 1.82 bits per heavy atom. The molecule has 4 heteroatoms. The van der Waals surface area contributed by atoms with E-state index < -0.39 is 0 Å². The maximum Gasteiger partial charge on any atom is 0.236 e. The SMILES string of the molecule is CCN(CC)C(=O)C(c1ccc(OC)cc1)c1ccccn1. The van der Waals surface area contributed by atoms with Crippen LogP contribution in [0.5, 0.6) is 5.75 Å². The van der Waals surface area contributed by atoms with Crippen molar-refractivity contribution in [3.8, 4) is 5.75 Å². The first-order chi connectivity index (χ1) is 10.7. The molecule has 2 rings (SSSR count). The third kappa shape index (κ3) is 3.45. The standard InChI is InChI=1S/C18H22N2O2/c1-4-20(5-2)18(21)17(16-8-6-7-13-19-16)14-9-11-15(22-3)12-10-14/h6-13,17H,4-5H2,1-3H3. The maximum atomic E-state index is 12.9. The topological polar surface area (TPSA) is 42.4 Å². The Morgan fingerprint density at radius 1 is 1.14 bits per heavy atom. The number of rotatable bonds is 6. The normalized spacial score (nSPS) is 11.8. The van der Waals surface area contributed by atoms with Gasteiger partial charge in [-0.25, -0.2) is 0 Å². The molecular weight excluding hydrogens is 276 g/mol. The highest BCUT2D eigenvalue weighted by molar-refractivity contribution is 5.86. The van der Waals surface area contributed by atoms with Gasteiger partial charge in [-0.15, -0.1) is 0 Å². The number of amides is 1. The molecule has 0 N–H and O–H groups in total. The van der Waals surface area contributed by atoms with E-state index in [2.05, 4.69) is 4.98 Å². The van der Waals surface area contributed by atoms with Crippen LogP contribution in [0.4, 0.5) is 0 Å². The number of aromatic nitrogens is 1.